The van der Waals surface area contributed by atoms with Gasteiger partial charge in [-0.15, -0.1) is 11.8 Å². The summed E-state index contributed by atoms with van der Waals surface area (Å²) in [6.07, 6.45) is 0.775. The highest BCUT2D eigenvalue weighted by Gasteiger charge is 2.28. The van der Waals surface area contributed by atoms with E-state index in [1.54, 1.807) is 11.8 Å². The number of carbonyl (C=O) groups is 1. The lowest BCUT2D eigenvalue weighted by Crippen LogP contribution is -2.25. The van der Waals surface area contributed by atoms with E-state index >= 15 is 0 Å². The Hall–Kier alpha value is -1.94. The summed E-state index contributed by atoms with van der Waals surface area (Å²) in [4.78, 5) is 13.6. The minimum absolute atomic E-state index is 0.0196. The molecule has 1 amide bonds. The topological polar surface area (TPSA) is 55.1 Å². The number of anilines is 2. The zero-order chi connectivity index (χ0) is 15.0. The minimum Gasteiger partial charge on any atom is -0.397 e. The zero-order valence-electron chi connectivity index (χ0n) is 12.1. The SMILES string of the molecule is Cc1cc(N)c(NC(=O)C2Cc3ccccc3S2)cc1C. The smallest absolute Gasteiger partial charge is 0.238 e. The fraction of sp³-hybridized carbons (Fsp3) is 0.235. The second-order valence-electron chi connectivity index (χ2n) is 5.43. The van der Waals surface area contributed by atoms with Crippen LogP contribution in [0.1, 0.15) is 16.7 Å². The molecule has 3 N–H and O–H groups in total. The molecule has 2 aromatic rings. The van der Waals surface area contributed by atoms with Crippen molar-refractivity contribution in [3.8, 4) is 0 Å². The van der Waals surface area contributed by atoms with Gasteiger partial charge in [0, 0.05) is 4.90 Å². The molecule has 1 aliphatic heterocycles. The molecule has 0 fully saturated rings. The average molecular weight is 298 g/mol. The van der Waals surface area contributed by atoms with Gasteiger partial charge in [-0.05, 0) is 55.2 Å². The molecule has 3 nitrogen and oxygen atoms in total. The number of fused-ring (bicyclic) bond motifs is 1. The Morgan fingerprint density at radius 3 is 2.71 bits per heavy atom. The van der Waals surface area contributed by atoms with Crippen LogP contribution in [0.5, 0.6) is 0 Å². The highest BCUT2D eigenvalue weighted by molar-refractivity contribution is 8.01. The van der Waals surface area contributed by atoms with Crippen molar-refractivity contribution in [1.82, 2.24) is 0 Å². The van der Waals surface area contributed by atoms with Crippen molar-refractivity contribution in [3.63, 3.8) is 0 Å². The molecule has 0 aliphatic carbocycles. The van der Waals surface area contributed by atoms with E-state index in [-0.39, 0.29) is 11.2 Å². The Bertz CT molecular complexity index is 687. The van der Waals surface area contributed by atoms with Gasteiger partial charge in [0.2, 0.25) is 5.91 Å². The number of hydrogen-bond acceptors (Lipinski definition) is 3. The van der Waals surface area contributed by atoms with Crippen LogP contribution >= 0.6 is 11.8 Å². The number of aryl methyl sites for hydroxylation is 2. The van der Waals surface area contributed by atoms with Crippen molar-refractivity contribution >= 4 is 29.0 Å². The molecule has 2 aromatic carbocycles. The molecule has 1 aliphatic rings. The fourth-order valence-electron chi connectivity index (χ4n) is 2.49. The normalized spacial score (nSPS) is 16.6. The van der Waals surface area contributed by atoms with Gasteiger partial charge in [0.15, 0.2) is 0 Å². The van der Waals surface area contributed by atoms with E-state index in [0.29, 0.717) is 11.4 Å². The molecule has 0 saturated carbocycles. The van der Waals surface area contributed by atoms with Gasteiger partial charge in [0.25, 0.3) is 0 Å². The van der Waals surface area contributed by atoms with Gasteiger partial charge >= 0.3 is 0 Å². The van der Waals surface area contributed by atoms with E-state index in [1.807, 2.05) is 38.1 Å². The quantitative estimate of drug-likeness (QED) is 0.834. The second-order valence-corrected chi connectivity index (χ2v) is 6.68. The molecule has 0 saturated heterocycles. The second kappa shape index (κ2) is 5.45. The number of hydrogen-bond donors (Lipinski definition) is 2. The fourth-order valence-corrected chi connectivity index (χ4v) is 3.68. The van der Waals surface area contributed by atoms with Crippen molar-refractivity contribution in [2.45, 2.75) is 30.4 Å². The standard InChI is InChI=1S/C17H18N2OS/c1-10-7-13(18)14(8-11(10)2)19-17(20)16-9-12-5-3-4-6-15(12)21-16/h3-8,16H,9,18H2,1-2H3,(H,19,20). The van der Waals surface area contributed by atoms with Gasteiger partial charge in [-0.3, -0.25) is 4.79 Å². The molecular weight excluding hydrogens is 280 g/mol. The first-order chi connectivity index (χ1) is 10.0. The van der Waals surface area contributed by atoms with Crippen LogP contribution in [0.3, 0.4) is 0 Å². The summed E-state index contributed by atoms with van der Waals surface area (Å²) in [6.45, 7) is 4.03. The molecule has 0 bridgehead atoms. The van der Waals surface area contributed by atoms with Crippen LogP contribution in [-0.4, -0.2) is 11.2 Å². The molecule has 1 heterocycles. The lowest BCUT2D eigenvalue weighted by Gasteiger charge is -2.13. The first-order valence-electron chi connectivity index (χ1n) is 6.97. The molecular formula is C17H18N2OS. The number of rotatable bonds is 2. The predicted molar refractivity (Wildman–Crippen MR) is 88.7 cm³/mol. The van der Waals surface area contributed by atoms with Crippen LogP contribution < -0.4 is 11.1 Å². The molecule has 1 unspecified atom stereocenters. The van der Waals surface area contributed by atoms with Gasteiger partial charge in [0.05, 0.1) is 16.6 Å². The van der Waals surface area contributed by atoms with Gasteiger partial charge in [0.1, 0.15) is 0 Å². The first kappa shape index (κ1) is 14.0. The lowest BCUT2D eigenvalue weighted by atomic mass is 10.1. The number of benzene rings is 2. The molecule has 0 radical (unpaired) electrons. The number of nitrogen functional groups attached to an aromatic ring is 1. The number of nitrogens with two attached hydrogens (primary N) is 1. The largest absolute Gasteiger partial charge is 0.397 e. The van der Waals surface area contributed by atoms with Crippen molar-refractivity contribution in [1.29, 1.82) is 0 Å². The van der Waals surface area contributed by atoms with Gasteiger partial charge < -0.3 is 11.1 Å². The predicted octanol–water partition coefficient (Wildman–Crippen LogP) is 3.54. The first-order valence-corrected chi connectivity index (χ1v) is 7.84. The third-order valence-corrected chi connectivity index (χ3v) is 5.18. The zero-order valence-corrected chi connectivity index (χ0v) is 13.0. The van der Waals surface area contributed by atoms with Crippen molar-refractivity contribution in [3.05, 3.63) is 53.1 Å². The highest BCUT2D eigenvalue weighted by Crippen LogP contribution is 2.37. The number of carbonyl (C=O) groups excluding carboxylic acids is 1. The Balaban J connectivity index is 1.75. The summed E-state index contributed by atoms with van der Waals surface area (Å²) in [5, 5.41) is 2.89. The van der Waals surface area contributed by atoms with Crippen LogP contribution in [-0.2, 0) is 11.2 Å². The summed E-state index contributed by atoms with van der Waals surface area (Å²) < 4.78 is 0. The third-order valence-electron chi connectivity index (χ3n) is 3.86. The Morgan fingerprint density at radius 2 is 1.95 bits per heavy atom. The van der Waals surface area contributed by atoms with E-state index in [4.69, 9.17) is 5.73 Å². The number of thioether (sulfide) groups is 1. The monoisotopic (exact) mass is 298 g/mol. The molecule has 108 valence electrons. The Kier molecular flexibility index (Phi) is 3.64. The van der Waals surface area contributed by atoms with Gasteiger partial charge in [-0.1, -0.05) is 18.2 Å². The average Bonchev–Trinajstić information content (AvgIpc) is 2.88. The molecule has 21 heavy (non-hydrogen) atoms. The van der Waals surface area contributed by atoms with Crippen LogP contribution in [0.25, 0.3) is 0 Å². The van der Waals surface area contributed by atoms with Crippen LogP contribution in [0, 0.1) is 13.8 Å². The molecule has 0 spiro atoms. The molecule has 0 aromatic heterocycles. The lowest BCUT2D eigenvalue weighted by molar-refractivity contribution is -0.115. The van der Waals surface area contributed by atoms with Crippen LogP contribution in [0.4, 0.5) is 11.4 Å². The highest BCUT2D eigenvalue weighted by atomic mass is 32.2. The van der Waals surface area contributed by atoms with E-state index in [2.05, 4.69) is 17.4 Å². The van der Waals surface area contributed by atoms with E-state index in [0.717, 1.165) is 17.5 Å². The maximum Gasteiger partial charge on any atom is 0.238 e. The summed E-state index contributed by atoms with van der Waals surface area (Å²) in [5.41, 5.74) is 10.8. The van der Waals surface area contributed by atoms with Gasteiger partial charge in [-0.2, -0.15) is 0 Å². The van der Waals surface area contributed by atoms with Crippen molar-refractivity contribution < 1.29 is 4.79 Å². The maximum atomic E-state index is 12.4. The van der Waals surface area contributed by atoms with E-state index in [1.165, 1.54) is 10.5 Å². The minimum atomic E-state index is -0.0802. The Morgan fingerprint density at radius 1 is 1.24 bits per heavy atom. The van der Waals surface area contributed by atoms with E-state index in [9.17, 15) is 4.79 Å². The molecule has 3 rings (SSSR count). The summed E-state index contributed by atoms with van der Waals surface area (Å²) in [5.74, 6) is 0.0196. The maximum absolute atomic E-state index is 12.4. The van der Waals surface area contributed by atoms with Gasteiger partial charge in [-0.25, -0.2) is 0 Å². The molecule has 1 atom stereocenters. The third kappa shape index (κ3) is 2.76. The summed E-state index contributed by atoms with van der Waals surface area (Å²) in [6, 6.07) is 12.0. The van der Waals surface area contributed by atoms with Crippen molar-refractivity contribution in [2.24, 2.45) is 0 Å². The Labute approximate surface area is 128 Å². The van der Waals surface area contributed by atoms with Crippen LogP contribution in [0.15, 0.2) is 41.3 Å². The van der Waals surface area contributed by atoms with Crippen molar-refractivity contribution in [2.75, 3.05) is 11.1 Å². The molecule has 4 heteroatoms. The number of nitrogens with one attached hydrogen (secondary N) is 1. The number of amides is 1. The van der Waals surface area contributed by atoms with Crippen LogP contribution in [0.2, 0.25) is 0 Å². The van der Waals surface area contributed by atoms with E-state index < -0.39 is 0 Å². The summed E-state index contributed by atoms with van der Waals surface area (Å²) in [7, 11) is 0. The summed E-state index contributed by atoms with van der Waals surface area (Å²) >= 11 is 1.62.